The van der Waals surface area contributed by atoms with Crippen LogP contribution in [0.2, 0.25) is 0 Å². The molecule has 5 atom stereocenters. The molecule has 2 aliphatic carbocycles. The predicted molar refractivity (Wildman–Crippen MR) is 77.8 cm³/mol. The zero-order valence-corrected chi connectivity index (χ0v) is 12.3. The van der Waals surface area contributed by atoms with Crippen LogP contribution in [0.4, 0.5) is 4.79 Å². The number of carbonyl (C=O) groups excluding carboxylic acids is 1. The molecule has 0 aromatic carbocycles. The molecule has 3 fully saturated rings. The molecule has 0 aromatic heterocycles. The van der Waals surface area contributed by atoms with Crippen molar-refractivity contribution in [2.75, 3.05) is 12.3 Å². The summed E-state index contributed by atoms with van der Waals surface area (Å²) < 4.78 is 0. The average Bonchev–Trinajstić information content (AvgIpc) is 3.12. The van der Waals surface area contributed by atoms with Crippen LogP contribution in [0.3, 0.4) is 0 Å². The summed E-state index contributed by atoms with van der Waals surface area (Å²) in [5, 5.41) is 15.7. The van der Waals surface area contributed by atoms with Gasteiger partial charge in [0, 0.05) is 17.8 Å². The lowest BCUT2D eigenvalue weighted by Gasteiger charge is -2.29. The van der Waals surface area contributed by atoms with Crippen molar-refractivity contribution in [2.24, 2.45) is 17.8 Å². The van der Waals surface area contributed by atoms with Crippen molar-refractivity contribution in [3.8, 4) is 0 Å². The number of carboxylic acids is 1. The maximum atomic E-state index is 12.0. The van der Waals surface area contributed by atoms with E-state index in [1.807, 2.05) is 11.8 Å². The Kier molecular flexibility index (Phi) is 4.10. The van der Waals surface area contributed by atoms with Crippen LogP contribution in [0.15, 0.2) is 0 Å². The molecule has 0 aromatic rings. The van der Waals surface area contributed by atoms with Crippen molar-refractivity contribution in [2.45, 2.75) is 43.4 Å². The van der Waals surface area contributed by atoms with E-state index >= 15 is 0 Å². The lowest BCUT2D eigenvalue weighted by atomic mass is 9.84. The second kappa shape index (κ2) is 5.84. The van der Waals surface area contributed by atoms with Crippen LogP contribution in [-0.4, -0.2) is 40.7 Å². The summed E-state index contributed by atoms with van der Waals surface area (Å²) in [4.78, 5) is 23.4. The third-order valence-corrected chi connectivity index (χ3v) is 6.41. The maximum absolute atomic E-state index is 12.0. The number of amides is 2. The van der Waals surface area contributed by atoms with Gasteiger partial charge in [0.25, 0.3) is 0 Å². The minimum atomic E-state index is -0.756. The molecule has 1 saturated heterocycles. The Morgan fingerprint density at radius 1 is 1.20 bits per heavy atom. The third-order valence-electron chi connectivity index (χ3n) is 5.01. The molecule has 1 heterocycles. The first kappa shape index (κ1) is 14.0. The number of carboxylic acid groups (broad SMARTS) is 1. The average molecular weight is 298 g/mol. The number of rotatable bonds is 4. The molecule has 6 heteroatoms. The second-order valence-electron chi connectivity index (χ2n) is 6.21. The van der Waals surface area contributed by atoms with Gasteiger partial charge in [0.15, 0.2) is 0 Å². The summed E-state index contributed by atoms with van der Waals surface area (Å²) in [6.45, 7) is 0.690. The molecule has 3 rings (SSSR count). The van der Waals surface area contributed by atoms with Gasteiger partial charge in [-0.3, -0.25) is 4.79 Å². The Morgan fingerprint density at radius 2 is 2.00 bits per heavy atom. The summed E-state index contributed by atoms with van der Waals surface area (Å²) >= 11 is 1.91. The van der Waals surface area contributed by atoms with Gasteiger partial charge in [0.1, 0.15) is 0 Å². The van der Waals surface area contributed by atoms with Gasteiger partial charge >= 0.3 is 12.0 Å². The Bertz CT molecular complexity index is 398. The minimum absolute atomic E-state index is 0.178. The van der Waals surface area contributed by atoms with Gasteiger partial charge in [0.2, 0.25) is 0 Å². The molecule has 0 spiro atoms. The van der Waals surface area contributed by atoms with Crippen molar-refractivity contribution in [3.63, 3.8) is 0 Å². The fourth-order valence-corrected chi connectivity index (χ4v) is 5.27. The number of hydrogen-bond acceptors (Lipinski definition) is 3. The Morgan fingerprint density at radius 3 is 2.70 bits per heavy atom. The van der Waals surface area contributed by atoms with Gasteiger partial charge < -0.3 is 15.7 Å². The van der Waals surface area contributed by atoms with Crippen LogP contribution in [0.1, 0.15) is 32.1 Å². The van der Waals surface area contributed by atoms with E-state index in [0.717, 1.165) is 25.7 Å². The molecule has 112 valence electrons. The van der Waals surface area contributed by atoms with E-state index in [0.29, 0.717) is 17.7 Å². The number of nitrogens with one attached hydrogen (secondary N) is 2. The molecule has 1 aliphatic heterocycles. The van der Waals surface area contributed by atoms with Crippen molar-refractivity contribution in [1.29, 1.82) is 0 Å². The predicted octanol–water partition coefficient (Wildman–Crippen LogP) is 1.68. The summed E-state index contributed by atoms with van der Waals surface area (Å²) in [5.41, 5.74) is 0. The molecule has 20 heavy (non-hydrogen) atoms. The van der Waals surface area contributed by atoms with Crippen molar-refractivity contribution in [3.05, 3.63) is 0 Å². The standard InChI is InChI=1S/C14H22N2O3S/c17-13(18)11-8-3-4-9(6-8)12(11)16-14(19)15-7-10-2-1-5-20-10/h8-12H,1-7H2,(H,17,18)(H2,15,16,19). The number of fused-ring (bicyclic) bond motifs is 2. The largest absolute Gasteiger partial charge is 0.481 e. The summed E-state index contributed by atoms with van der Waals surface area (Å²) in [6.07, 6.45) is 5.40. The fourth-order valence-electron chi connectivity index (χ4n) is 4.07. The van der Waals surface area contributed by atoms with E-state index in [-0.39, 0.29) is 23.9 Å². The summed E-state index contributed by atoms with van der Waals surface area (Å²) in [5.74, 6) is 0.650. The quantitative estimate of drug-likeness (QED) is 0.738. The highest BCUT2D eigenvalue weighted by Gasteiger charge is 2.51. The Labute approximate surface area is 123 Å². The Balaban J connectivity index is 1.51. The highest BCUT2D eigenvalue weighted by atomic mass is 32.2. The molecule has 5 unspecified atom stereocenters. The van der Waals surface area contributed by atoms with Crippen molar-refractivity contribution in [1.82, 2.24) is 10.6 Å². The number of urea groups is 1. The van der Waals surface area contributed by atoms with Gasteiger partial charge in [-0.05, 0) is 49.7 Å². The van der Waals surface area contributed by atoms with Crippen molar-refractivity contribution >= 4 is 23.8 Å². The van der Waals surface area contributed by atoms with E-state index in [4.69, 9.17) is 0 Å². The number of thioether (sulfide) groups is 1. The van der Waals surface area contributed by atoms with E-state index in [1.165, 1.54) is 12.2 Å². The number of hydrogen-bond donors (Lipinski definition) is 3. The van der Waals surface area contributed by atoms with Crippen LogP contribution < -0.4 is 10.6 Å². The molecule has 3 aliphatic rings. The SMILES string of the molecule is O=C(NCC1CCCS1)NC1C2CCC(C2)C1C(=O)O. The first-order chi connectivity index (χ1) is 9.65. The smallest absolute Gasteiger partial charge is 0.315 e. The van der Waals surface area contributed by atoms with E-state index in [9.17, 15) is 14.7 Å². The Hall–Kier alpha value is -0.910. The van der Waals surface area contributed by atoms with Gasteiger partial charge in [-0.25, -0.2) is 4.79 Å². The molecule has 5 nitrogen and oxygen atoms in total. The summed E-state index contributed by atoms with van der Waals surface area (Å²) in [6, 6.07) is -0.371. The van der Waals surface area contributed by atoms with E-state index in [1.54, 1.807) is 0 Å². The normalized spacial score (nSPS) is 38.9. The zero-order valence-electron chi connectivity index (χ0n) is 11.5. The van der Waals surface area contributed by atoms with Gasteiger partial charge in [-0.2, -0.15) is 11.8 Å². The monoisotopic (exact) mass is 298 g/mol. The van der Waals surface area contributed by atoms with Gasteiger partial charge in [-0.1, -0.05) is 0 Å². The van der Waals surface area contributed by atoms with E-state index < -0.39 is 5.97 Å². The number of aliphatic carboxylic acids is 1. The zero-order chi connectivity index (χ0) is 14.1. The van der Waals surface area contributed by atoms with Gasteiger partial charge in [-0.15, -0.1) is 0 Å². The maximum Gasteiger partial charge on any atom is 0.315 e. The minimum Gasteiger partial charge on any atom is -0.481 e. The first-order valence-electron chi connectivity index (χ1n) is 7.54. The molecule has 2 bridgehead atoms. The highest BCUT2D eigenvalue weighted by Crippen LogP contribution is 2.48. The van der Waals surface area contributed by atoms with Crippen molar-refractivity contribution < 1.29 is 14.7 Å². The number of carbonyl (C=O) groups is 2. The van der Waals surface area contributed by atoms with Crippen LogP contribution in [0.25, 0.3) is 0 Å². The topological polar surface area (TPSA) is 78.4 Å². The lowest BCUT2D eigenvalue weighted by Crippen LogP contribution is -2.50. The van der Waals surface area contributed by atoms with Gasteiger partial charge in [0.05, 0.1) is 5.92 Å². The first-order valence-corrected chi connectivity index (χ1v) is 8.59. The molecule has 3 N–H and O–H groups in total. The van der Waals surface area contributed by atoms with Crippen LogP contribution in [-0.2, 0) is 4.79 Å². The molecule has 2 amide bonds. The lowest BCUT2D eigenvalue weighted by molar-refractivity contribution is -0.144. The molecular weight excluding hydrogens is 276 g/mol. The second-order valence-corrected chi connectivity index (χ2v) is 7.62. The molecular formula is C14H22N2O3S. The van der Waals surface area contributed by atoms with Crippen LogP contribution >= 0.6 is 11.8 Å². The third kappa shape index (κ3) is 2.75. The van der Waals surface area contributed by atoms with Crippen LogP contribution in [0.5, 0.6) is 0 Å². The summed E-state index contributed by atoms with van der Waals surface area (Å²) in [7, 11) is 0. The highest BCUT2D eigenvalue weighted by molar-refractivity contribution is 8.00. The molecule has 0 radical (unpaired) electrons. The molecule has 2 saturated carbocycles. The fraction of sp³-hybridized carbons (Fsp3) is 0.857. The van der Waals surface area contributed by atoms with E-state index in [2.05, 4.69) is 10.6 Å². The van der Waals surface area contributed by atoms with Crippen LogP contribution in [0, 0.1) is 17.8 Å².